The van der Waals surface area contributed by atoms with Crippen LogP contribution in [0.2, 0.25) is 19.1 Å². The summed E-state index contributed by atoms with van der Waals surface area (Å²) in [5, 5.41) is 7.99. The van der Waals surface area contributed by atoms with Gasteiger partial charge in [-0.25, -0.2) is 0 Å². The van der Waals surface area contributed by atoms with Crippen molar-refractivity contribution >= 4 is 46.2 Å². The number of ketones is 1. The van der Waals surface area contributed by atoms with Gasteiger partial charge in [-0.3, -0.25) is 4.79 Å². The zero-order valence-corrected chi connectivity index (χ0v) is 17.9. The van der Waals surface area contributed by atoms with Crippen LogP contribution in [-0.2, 0) is 11.2 Å². The van der Waals surface area contributed by atoms with Crippen molar-refractivity contribution in [2.24, 2.45) is 0 Å². The molecule has 0 atom stereocenters. The molecule has 0 fully saturated rings. The van der Waals surface area contributed by atoms with Gasteiger partial charge in [0, 0.05) is 12.8 Å². The number of hydrogen-bond donors (Lipinski definition) is 0. The highest BCUT2D eigenvalue weighted by molar-refractivity contribution is 6.82. The number of benzene rings is 4. The second kappa shape index (κ2) is 7.52. The SMILES string of the molecule is C=C[Si](C)(C)CCC(=O)CCCc1ccc2ccc3cccc4ccc1c2c34. The predicted molar refractivity (Wildman–Crippen MR) is 125 cm³/mol. The van der Waals surface area contributed by atoms with E-state index in [2.05, 4.69) is 80.0 Å². The van der Waals surface area contributed by atoms with E-state index in [1.807, 2.05) is 0 Å². The minimum Gasteiger partial charge on any atom is -0.300 e. The van der Waals surface area contributed by atoms with Gasteiger partial charge in [0.15, 0.2) is 0 Å². The highest BCUT2D eigenvalue weighted by atomic mass is 28.3. The van der Waals surface area contributed by atoms with Gasteiger partial charge in [0.05, 0.1) is 8.07 Å². The molecular formula is C26H28OSi. The minimum absolute atomic E-state index is 0.403. The Morgan fingerprint density at radius 1 is 0.893 bits per heavy atom. The van der Waals surface area contributed by atoms with Crippen molar-refractivity contribution in [1.29, 1.82) is 0 Å². The van der Waals surface area contributed by atoms with E-state index in [1.54, 1.807) is 0 Å². The molecule has 28 heavy (non-hydrogen) atoms. The number of Topliss-reactive ketones (excluding diaryl/α,β-unsaturated/α-hetero) is 1. The van der Waals surface area contributed by atoms with Crippen molar-refractivity contribution < 1.29 is 4.79 Å². The average molecular weight is 385 g/mol. The molecule has 0 N–H and O–H groups in total. The largest absolute Gasteiger partial charge is 0.300 e. The van der Waals surface area contributed by atoms with Crippen molar-refractivity contribution in [1.82, 2.24) is 0 Å². The maximum absolute atomic E-state index is 12.3. The Morgan fingerprint density at radius 2 is 1.54 bits per heavy atom. The molecule has 0 aliphatic carbocycles. The molecule has 4 aromatic carbocycles. The number of aryl methyl sites for hydroxylation is 1. The van der Waals surface area contributed by atoms with Crippen LogP contribution in [0.4, 0.5) is 0 Å². The fourth-order valence-electron chi connectivity index (χ4n) is 4.18. The quantitative estimate of drug-likeness (QED) is 0.230. The van der Waals surface area contributed by atoms with Crippen molar-refractivity contribution in [2.45, 2.75) is 44.8 Å². The van der Waals surface area contributed by atoms with Crippen LogP contribution in [0.3, 0.4) is 0 Å². The summed E-state index contributed by atoms with van der Waals surface area (Å²) in [5.74, 6) is 0.403. The van der Waals surface area contributed by atoms with Crippen LogP contribution in [0.1, 0.15) is 24.8 Å². The number of rotatable bonds is 8. The van der Waals surface area contributed by atoms with Gasteiger partial charge in [0.1, 0.15) is 5.78 Å². The topological polar surface area (TPSA) is 17.1 Å². The van der Waals surface area contributed by atoms with Gasteiger partial charge in [-0.1, -0.05) is 67.7 Å². The Balaban J connectivity index is 1.53. The predicted octanol–water partition coefficient (Wildman–Crippen LogP) is 7.30. The van der Waals surface area contributed by atoms with Gasteiger partial charge in [-0.05, 0) is 56.8 Å². The van der Waals surface area contributed by atoms with Crippen LogP contribution < -0.4 is 0 Å². The second-order valence-electron chi connectivity index (χ2n) is 8.67. The summed E-state index contributed by atoms with van der Waals surface area (Å²) < 4.78 is 0. The number of carbonyl (C=O) groups excluding carboxylic acids is 1. The van der Waals surface area contributed by atoms with Gasteiger partial charge in [0.25, 0.3) is 0 Å². The highest BCUT2D eigenvalue weighted by Crippen LogP contribution is 2.36. The molecule has 0 spiro atoms. The maximum atomic E-state index is 12.3. The third-order valence-electron chi connectivity index (χ3n) is 6.12. The van der Waals surface area contributed by atoms with Crippen LogP contribution in [0.15, 0.2) is 66.9 Å². The summed E-state index contributed by atoms with van der Waals surface area (Å²) >= 11 is 0. The number of hydrogen-bond acceptors (Lipinski definition) is 1. The molecule has 4 aromatic rings. The Kier molecular flexibility index (Phi) is 5.07. The molecule has 0 saturated heterocycles. The molecule has 4 rings (SSSR count). The molecule has 0 heterocycles. The van der Waals surface area contributed by atoms with Crippen LogP contribution >= 0.6 is 0 Å². The average Bonchev–Trinajstić information content (AvgIpc) is 2.71. The first kappa shape index (κ1) is 18.9. The molecule has 0 aliphatic rings. The third kappa shape index (κ3) is 3.61. The third-order valence-corrected chi connectivity index (χ3v) is 8.77. The lowest BCUT2D eigenvalue weighted by atomic mass is 9.90. The molecule has 142 valence electrons. The van der Waals surface area contributed by atoms with Crippen molar-refractivity contribution in [3.63, 3.8) is 0 Å². The molecule has 0 amide bonds. The van der Waals surface area contributed by atoms with Gasteiger partial charge in [0.2, 0.25) is 0 Å². The van der Waals surface area contributed by atoms with E-state index >= 15 is 0 Å². The van der Waals surface area contributed by atoms with Crippen LogP contribution in [0.5, 0.6) is 0 Å². The van der Waals surface area contributed by atoms with Crippen LogP contribution in [-0.4, -0.2) is 13.9 Å². The van der Waals surface area contributed by atoms with E-state index in [0.717, 1.165) is 18.9 Å². The Hall–Kier alpha value is -2.45. The smallest absolute Gasteiger partial charge is 0.132 e. The van der Waals surface area contributed by atoms with Gasteiger partial charge < -0.3 is 0 Å². The van der Waals surface area contributed by atoms with E-state index in [9.17, 15) is 4.79 Å². The summed E-state index contributed by atoms with van der Waals surface area (Å²) in [6, 6.07) is 21.0. The summed E-state index contributed by atoms with van der Waals surface area (Å²) in [4.78, 5) is 12.3. The Bertz CT molecular complexity index is 1140. The molecule has 0 saturated carbocycles. The van der Waals surface area contributed by atoms with E-state index in [1.165, 1.54) is 37.9 Å². The monoisotopic (exact) mass is 384 g/mol. The molecule has 1 nitrogen and oxygen atoms in total. The highest BCUT2D eigenvalue weighted by Gasteiger charge is 2.17. The van der Waals surface area contributed by atoms with Crippen molar-refractivity contribution in [3.8, 4) is 0 Å². The second-order valence-corrected chi connectivity index (χ2v) is 13.6. The first-order valence-electron chi connectivity index (χ1n) is 10.3. The fourth-order valence-corrected chi connectivity index (χ4v) is 5.31. The van der Waals surface area contributed by atoms with E-state index in [0.29, 0.717) is 18.6 Å². The summed E-state index contributed by atoms with van der Waals surface area (Å²) in [7, 11) is -1.37. The van der Waals surface area contributed by atoms with Crippen molar-refractivity contribution in [2.75, 3.05) is 0 Å². The van der Waals surface area contributed by atoms with E-state index in [4.69, 9.17) is 0 Å². The van der Waals surface area contributed by atoms with Crippen LogP contribution in [0.25, 0.3) is 32.3 Å². The van der Waals surface area contributed by atoms with Gasteiger partial charge >= 0.3 is 0 Å². The lowest BCUT2D eigenvalue weighted by Gasteiger charge is -2.16. The van der Waals surface area contributed by atoms with Crippen LogP contribution in [0, 0.1) is 0 Å². The lowest BCUT2D eigenvalue weighted by Crippen LogP contribution is -2.22. The van der Waals surface area contributed by atoms with Gasteiger partial charge in [-0.15, -0.1) is 12.3 Å². The molecular weight excluding hydrogens is 356 g/mol. The standard InChI is InChI=1S/C26H28OSi/c1-4-28(2,3)18-17-23(27)10-6-7-19-11-12-22-14-13-20-8-5-9-21-15-16-24(19)26(22)25(20)21/h4-5,8-9,11-16H,1,6-7,10,17-18H2,2-3H3. The normalized spacial score (nSPS) is 12.2. The summed E-state index contributed by atoms with van der Waals surface area (Å²) in [5.41, 5.74) is 3.45. The Morgan fingerprint density at radius 3 is 2.25 bits per heavy atom. The van der Waals surface area contributed by atoms with E-state index < -0.39 is 8.07 Å². The lowest BCUT2D eigenvalue weighted by molar-refractivity contribution is -0.118. The first-order chi connectivity index (χ1) is 13.5. The zero-order chi connectivity index (χ0) is 19.7. The first-order valence-corrected chi connectivity index (χ1v) is 13.6. The molecule has 0 radical (unpaired) electrons. The van der Waals surface area contributed by atoms with Gasteiger partial charge in [-0.2, -0.15) is 0 Å². The molecule has 2 heteroatoms. The molecule has 0 bridgehead atoms. The summed E-state index contributed by atoms with van der Waals surface area (Å²) in [6.07, 6.45) is 3.29. The fraction of sp³-hybridized carbons (Fsp3) is 0.269. The molecule has 0 aromatic heterocycles. The minimum atomic E-state index is -1.37. The summed E-state index contributed by atoms with van der Waals surface area (Å²) in [6.45, 7) is 8.48. The van der Waals surface area contributed by atoms with E-state index in [-0.39, 0.29) is 0 Å². The zero-order valence-electron chi connectivity index (χ0n) is 16.9. The Labute approximate surface area is 168 Å². The van der Waals surface area contributed by atoms with Crippen molar-refractivity contribution in [3.05, 3.63) is 72.4 Å². The maximum Gasteiger partial charge on any atom is 0.132 e. The molecule has 0 unspecified atom stereocenters. The number of carbonyl (C=O) groups is 1. The molecule has 0 aliphatic heterocycles.